The molecule has 3 rings (SSSR count). The molecule has 8 heteroatoms. The molecule has 27 heavy (non-hydrogen) atoms. The van der Waals surface area contributed by atoms with Gasteiger partial charge in [0.2, 0.25) is 0 Å². The molecule has 5 nitrogen and oxygen atoms in total. The minimum absolute atomic E-state index is 0.259. The zero-order valence-corrected chi connectivity index (χ0v) is 15.3. The summed E-state index contributed by atoms with van der Waals surface area (Å²) in [6.45, 7) is 3.84. The van der Waals surface area contributed by atoms with Gasteiger partial charge in [-0.3, -0.25) is 0 Å². The molecule has 1 aromatic carbocycles. The van der Waals surface area contributed by atoms with Gasteiger partial charge in [0.25, 0.3) is 0 Å². The summed E-state index contributed by atoms with van der Waals surface area (Å²) in [6.07, 6.45) is -0.975. The van der Waals surface area contributed by atoms with Crippen LogP contribution in [0.3, 0.4) is 0 Å². The summed E-state index contributed by atoms with van der Waals surface area (Å²) in [7, 11) is 0. The van der Waals surface area contributed by atoms with E-state index in [2.05, 4.69) is 15.0 Å². The predicted molar refractivity (Wildman–Crippen MR) is 94.8 cm³/mol. The summed E-state index contributed by atoms with van der Waals surface area (Å²) in [4.78, 5) is 2.16. The Hall–Kier alpha value is -1.51. The number of halogens is 3. The third-order valence-corrected chi connectivity index (χ3v) is 5.53. The number of nitrogens with zero attached hydrogens (tertiary/aromatic N) is 1. The van der Waals surface area contributed by atoms with Gasteiger partial charge in [-0.1, -0.05) is 25.3 Å². The summed E-state index contributed by atoms with van der Waals surface area (Å²) in [5.41, 5.74) is -0.460. The van der Waals surface area contributed by atoms with E-state index in [1.165, 1.54) is 6.07 Å². The zero-order chi connectivity index (χ0) is 19.5. The highest BCUT2D eigenvalue weighted by molar-refractivity contribution is 5.52. The lowest BCUT2D eigenvalue weighted by Gasteiger charge is -2.35. The molecule has 3 N–H and O–H groups in total. The van der Waals surface area contributed by atoms with Crippen molar-refractivity contribution in [2.75, 3.05) is 32.7 Å². The van der Waals surface area contributed by atoms with Crippen LogP contribution in [0.25, 0.3) is 0 Å². The molecule has 1 aliphatic carbocycles. The average molecular weight is 388 g/mol. The number of aliphatic hydroxyl groups is 1. The quantitative estimate of drug-likeness (QED) is 0.724. The molecule has 0 spiro atoms. The summed E-state index contributed by atoms with van der Waals surface area (Å²) in [5, 5.41) is 24.4. The number of aromatic hydroxyl groups is 1. The fourth-order valence-corrected chi connectivity index (χ4v) is 4.14. The van der Waals surface area contributed by atoms with E-state index in [1.54, 1.807) is 6.07 Å². The molecule has 1 aliphatic heterocycles. The van der Waals surface area contributed by atoms with Crippen molar-refractivity contribution in [2.45, 2.75) is 50.5 Å². The molecule has 1 saturated heterocycles. The van der Waals surface area contributed by atoms with Crippen molar-refractivity contribution in [2.24, 2.45) is 0 Å². The Balaban J connectivity index is 1.94. The van der Waals surface area contributed by atoms with Crippen LogP contribution in [0, 0.1) is 0 Å². The summed E-state index contributed by atoms with van der Waals surface area (Å²) < 4.78 is 43.0. The van der Waals surface area contributed by atoms with Crippen LogP contribution in [0.2, 0.25) is 0 Å². The van der Waals surface area contributed by atoms with Crippen LogP contribution < -0.4 is 10.1 Å². The summed E-state index contributed by atoms with van der Waals surface area (Å²) in [6, 6.07) is 2.74. The Labute approximate surface area is 157 Å². The first-order valence-corrected chi connectivity index (χ1v) is 9.55. The standard InChI is InChI=1S/C19H27F3N2O3/c20-19(21,22)27-17-14(6-11-24-12-9-23-10-13-24)15(4-5-16(17)25)18(26)7-2-1-3-8-18/h4-5,23,25-26H,1-3,6-13H2. The fourth-order valence-electron chi connectivity index (χ4n) is 4.14. The lowest BCUT2D eigenvalue weighted by atomic mass is 9.77. The molecule has 1 aromatic rings. The molecule has 0 radical (unpaired) electrons. The molecule has 0 aromatic heterocycles. The van der Waals surface area contributed by atoms with E-state index < -0.39 is 23.5 Å². The molecule has 0 amide bonds. The van der Waals surface area contributed by atoms with Crippen LogP contribution in [0.1, 0.15) is 43.2 Å². The fraction of sp³-hybridized carbons (Fsp3) is 0.684. The van der Waals surface area contributed by atoms with Crippen molar-refractivity contribution in [1.82, 2.24) is 10.2 Å². The number of ether oxygens (including phenoxy) is 1. The Kier molecular flexibility index (Phi) is 6.18. The maximum absolute atomic E-state index is 13.0. The van der Waals surface area contributed by atoms with Gasteiger partial charge in [0.1, 0.15) is 0 Å². The Morgan fingerprint density at radius 2 is 1.78 bits per heavy atom. The molecule has 0 atom stereocenters. The SMILES string of the molecule is Oc1ccc(C2(O)CCCCC2)c(CCN2CCNCC2)c1OC(F)(F)F. The van der Waals surface area contributed by atoms with Gasteiger partial charge >= 0.3 is 6.36 Å². The maximum atomic E-state index is 13.0. The number of piperazine rings is 1. The predicted octanol–water partition coefficient (Wildman–Crippen LogP) is 2.89. The summed E-state index contributed by atoms with van der Waals surface area (Å²) >= 11 is 0. The van der Waals surface area contributed by atoms with Crippen LogP contribution in [0.15, 0.2) is 12.1 Å². The second-order valence-corrected chi connectivity index (χ2v) is 7.42. The van der Waals surface area contributed by atoms with Crippen molar-refractivity contribution < 1.29 is 28.1 Å². The number of hydrogen-bond donors (Lipinski definition) is 3. The number of alkyl halides is 3. The molecule has 1 heterocycles. The first-order valence-electron chi connectivity index (χ1n) is 9.55. The van der Waals surface area contributed by atoms with Crippen LogP contribution in [0.4, 0.5) is 13.2 Å². The highest BCUT2D eigenvalue weighted by atomic mass is 19.4. The van der Waals surface area contributed by atoms with Crippen molar-refractivity contribution in [3.63, 3.8) is 0 Å². The van der Waals surface area contributed by atoms with E-state index in [1.807, 2.05) is 0 Å². The van der Waals surface area contributed by atoms with E-state index in [0.717, 1.165) is 45.4 Å². The lowest BCUT2D eigenvalue weighted by molar-refractivity contribution is -0.275. The van der Waals surface area contributed by atoms with E-state index in [-0.39, 0.29) is 12.0 Å². The van der Waals surface area contributed by atoms with E-state index in [0.29, 0.717) is 24.9 Å². The first kappa shape index (κ1) is 20.2. The third kappa shape index (κ3) is 5.06. The van der Waals surface area contributed by atoms with Crippen molar-refractivity contribution in [3.8, 4) is 11.5 Å². The van der Waals surface area contributed by atoms with Gasteiger partial charge in [0, 0.05) is 38.3 Å². The van der Waals surface area contributed by atoms with Crippen LogP contribution >= 0.6 is 0 Å². The topological polar surface area (TPSA) is 65.0 Å². The Morgan fingerprint density at radius 3 is 2.41 bits per heavy atom. The molecule has 1 saturated carbocycles. The number of hydrogen-bond acceptors (Lipinski definition) is 5. The van der Waals surface area contributed by atoms with Crippen molar-refractivity contribution in [3.05, 3.63) is 23.3 Å². The van der Waals surface area contributed by atoms with Gasteiger partial charge in [0.15, 0.2) is 11.5 Å². The molecular weight excluding hydrogens is 361 g/mol. The van der Waals surface area contributed by atoms with Gasteiger partial charge in [-0.15, -0.1) is 13.2 Å². The number of rotatable bonds is 5. The largest absolute Gasteiger partial charge is 0.573 e. The first-order chi connectivity index (χ1) is 12.8. The molecule has 2 aliphatic rings. The monoisotopic (exact) mass is 388 g/mol. The molecule has 0 bridgehead atoms. The Bertz CT molecular complexity index is 640. The van der Waals surface area contributed by atoms with Gasteiger partial charge in [-0.05, 0) is 30.9 Å². The number of phenols is 1. The van der Waals surface area contributed by atoms with Crippen molar-refractivity contribution >= 4 is 0 Å². The second-order valence-electron chi connectivity index (χ2n) is 7.42. The summed E-state index contributed by atoms with van der Waals surface area (Å²) in [5.74, 6) is -1.13. The van der Waals surface area contributed by atoms with Gasteiger partial charge < -0.3 is 25.2 Å². The van der Waals surface area contributed by atoms with Crippen LogP contribution in [0.5, 0.6) is 11.5 Å². The van der Waals surface area contributed by atoms with Gasteiger partial charge in [-0.25, -0.2) is 0 Å². The maximum Gasteiger partial charge on any atom is 0.573 e. The van der Waals surface area contributed by atoms with E-state index >= 15 is 0 Å². The van der Waals surface area contributed by atoms with Gasteiger partial charge in [-0.2, -0.15) is 0 Å². The molecule has 2 fully saturated rings. The molecule has 0 unspecified atom stereocenters. The zero-order valence-electron chi connectivity index (χ0n) is 15.3. The number of benzene rings is 1. The Morgan fingerprint density at radius 1 is 1.11 bits per heavy atom. The van der Waals surface area contributed by atoms with Crippen LogP contribution in [-0.4, -0.2) is 54.2 Å². The van der Waals surface area contributed by atoms with Crippen molar-refractivity contribution in [1.29, 1.82) is 0 Å². The number of phenolic OH excluding ortho intramolecular Hbond substituents is 1. The molecule has 152 valence electrons. The minimum Gasteiger partial charge on any atom is -0.504 e. The van der Waals surface area contributed by atoms with E-state index in [9.17, 15) is 23.4 Å². The third-order valence-electron chi connectivity index (χ3n) is 5.53. The lowest BCUT2D eigenvalue weighted by Crippen LogP contribution is -2.44. The van der Waals surface area contributed by atoms with E-state index in [4.69, 9.17) is 0 Å². The smallest absolute Gasteiger partial charge is 0.504 e. The minimum atomic E-state index is -4.91. The molecular formula is C19H27F3N2O3. The highest BCUT2D eigenvalue weighted by Gasteiger charge is 2.38. The second kappa shape index (κ2) is 8.24. The van der Waals surface area contributed by atoms with Crippen LogP contribution in [-0.2, 0) is 12.0 Å². The average Bonchev–Trinajstić information content (AvgIpc) is 2.62. The van der Waals surface area contributed by atoms with Gasteiger partial charge in [0.05, 0.1) is 5.60 Å². The normalized spacial score (nSPS) is 21.2. The highest BCUT2D eigenvalue weighted by Crippen LogP contribution is 2.45. The number of nitrogens with one attached hydrogen (secondary N) is 1.